The third-order valence-corrected chi connectivity index (χ3v) is 2.15. The first-order valence-corrected chi connectivity index (χ1v) is 4.67. The Morgan fingerprint density at radius 3 is 3.00 bits per heavy atom. The summed E-state index contributed by atoms with van der Waals surface area (Å²) in [4.78, 5) is 2.50. The Labute approximate surface area is 69.5 Å². The van der Waals surface area contributed by atoms with Crippen LogP contribution in [0.5, 0.6) is 0 Å². The minimum absolute atomic E-state index is 0.445. The Bertz CT molecular complexity index is 106. The first-order chi connectivity index (χ1) is 5.33. The average Bonchev–Trinajstić information content (AvgIpc) is 2.01. The summed E-state index contributed by atoms with van der Waals surface area (Å²) in [5.74, 6) is 0. The van der Waals surface area contributed by atoms with Crippen molar-refractivity contribution in [2.24, 2.45) is 0 Å². The fourth-order valence-corrected chi connectivity index (χ4v) is 1.48. The summed E-state index contributed by atoms with van der Waals surface area (Å²) < 4.78 is 5.45. The van der Waals surface area contributed by atoms with Crippen molar-refractivity contribution in [2.75, 3.05) is 26.2 Å². The third-order valence-electron chi connectivity index (χ3n) is 2.15. The van der Waals surface area contributed by atoms with E-state index in [1.807, 2.05) is 0 Å². The van der Waals surface area contributed by atoms with Crippen molar-refractivity contribution in [2.45, 2.75) is 32.8 Å². The highest BCUT2D eigenvalue weighted by molar-refractivity contribution is 4.67. The summed E-state index contributed by atoms with van der Waals surface area (Å²) >= 11 is 0. The number of rotatable bonds is 3. The van der Waals surface area contributed by atoms with Gasteiger partial charge in [0.05, 0.1) is 12.7 Å². The van der Waals surface area contributed by atoms with Crippen molar-refractivity contribution in [3.05, 3.63) is 0 Å². The van der Waals surface area contributed by atoms with Crippen molar-refractivity contribution in [3.8, 4) is 0 Å². The molecule has 0 amide bonds. The molecule has 0 unspecified atom stereocenters. The van der Waals surface area contributed by atoms with Crippen LogP contribution >= 0.6 is 0 Å². The van der Waals surface area contributed by atoms with Crippen LogP contribution in [0.2, 0.25) is 0 Å². The molecule has 0 N–H and O–H groups in total. The molecule has 1 saturated heterocycles. The monoisotopic (exact) mass is 157 g/mol. The lowest BCUT2D eigenvalue weighted by atomic mass is 10.2. The van der Waals surface area contributed by atoms with E-state index in [0.29, 0.717) is 6.10 Å². The van der Waals surface area contributed by atoms with Gasteiger partial charge < -0.3 is 4.74 Å². The molecule has 0 radical (unpaired) electrons. The molecule has 0 aliphatic carbocycles. The van der Waals surface area contributed by atoms with E-state index in [1.165, 1.54) is 19.4 Å². The van der Waals surface area contributed by atoms with E-state index in [4.69, 9.17) is 4.74 Å². The van der Waals surface area contributed by atoms with E-state index in [2.05, 4.69) is 18.7 Å². The van der Waals surface area contributed by atoms with Crippen LogP contribution in [0.25, 0.3) is 0 Å². The van der Waals surface area contributed by atoms with E-state index in [1.54, 1.807) is 0 Å². The van der Waals surface area contributed by atoms with Gasteiger partial charge in [0.2, 0.25) is 0 Å². The van der Waals surface area contributed by atoms with Crippen LogP contribution in [0, 0.1) is 0 Å². The van der Waals surface area contributed by atoms with E-state index < -0.39 is 0 Å². The Hall–Kier alpha value is -0.0800. The molecule has 1 aliphatic heterocycles. The molecule has 0 aromatic rings. The van der Waals surface area contributed by atoms with E-state index in [-0.39, 0.29) is 0 Å². The molecule has 1 atom stereocenters. The van der Waals surface area contributed by atoms with Gasteiger partial charge in [-0.3, -0.25) is 4.90 Å². The van der Waals surface area contributed by atoms with Crippen LogP contribution in [-0.2, 0) is 4.74 Å². The molecule has 0 spiro atoms. The second kappa shape index (κ2) is 4.73. The fourth-order valence-electron chi connectivity index (χ4n) is 1.48. The standard InChI is InChI=1S/C9H19NO/c1-3-4-5-10-6-7-11-9(2)8-10/h9H,3-8H2,1-2H3/t9-/m0/s1. The summed E-state index contributed by atoms with van der Waals surface area (Å²) in [5.41, 5.74) is 0. The molecule has 0 aromatic heterocycles. The first kappa shape index (κ1) is 9.01. The molecule has 0 aromatic carbocycles. The van der Waals surface area contributed by atoms with Crippen LogP contribution < -0.4 is 0 Å². The lowest BCUT2D eigenvalue weighted by Crippen LogP contribution is -2.41. The maximum atomic E-state index is 5.45. The predicted molar refractivity (Wildman–Crippen MR) is 46.8 cm³/mol. The predicted octanol–water partition coefficient (Wildman–Crippen LogP) is 1.51. The summed E-state index contributed by atoms with van der Waals surface area (Å²) in [6.07, 6.45) is 3.07. The van der Waals surface area contributed by atoms with Crippen LogP contribution in [0.4, 0.5) is 0 Å². The molecular weight excluding hydrogens is 138 g/mol. The Morgan fingerprint density at radius 1 is 1.55 bits per heavy atom. The summed E-state index contributed by atoms with van der Waals surface area (Å²) in [5, 5.41) is 0. The van der Waals surface area contributed by atoms with Crippen molar-refractivity contribution >= 4 is 0 Å². The number of hydrogen-bond donors (Lipinski definition) is 0. The molecule has 1 fully saturated rings. The molecular formula is C9H19NO. The second-order valence-corrected chi connectivity index (χ2v) is 3.34. The molecule has 66 valence electrons. The molecule has 1 aliphatic rings. The number of hydrogen-bond acceptors (Lipinski definition) is 2. The van der Waals surface area contributed by atoms with Gasteiger partial charge in [-0.15, -0.1) is 0 Å². The maximum absolute atomic E-state index is 5.45. The first-order valence-electron chi connectivity index (χ1n) is 4.67. The van der Waals surface area contributed by atoms with E-state index in [9.17, 15) is 0 Å². The number of nitrogens with zero attached hydrogens (tertiary/aromatic N) is 1. The van der Waals surface area contributed by atoms with Gasteiger partial charge in [-0.1, -0.05) is 13.3 Å². The highest BCUT2D eigenvalue weighted by Gasteiger charge is 2.14. The lowest BCUT2D eigenvalue weighted by molar-refractivity contribution is -0.0184. The van der Waals surface area contributed by atoms with Crippen LogP contribution in [-0.4, -0.2) is 37.2 Å². The topological polar surface area (TPSA) is 12.5 Å². The zero-order valence-corrected chi connectivity index (χ0v) is 7.68. The van der Waals surface area contributed by atoms with Crippen molar-refractivity contribution < 1.29 is 4.74 Å². The van der Waals surface area contributed by atoms with Crippen LogP contribution in [0.1, 0.15) is 26.7 Å². The van der Waals surface area contributed by atoms with Crippen molar-refractivity contribution in [1.82, 2.24) is 4.90 Å². The molecule has 0 bridgehead atoms. The van der Waals surface area contributed by atoms with E-state index in [0.717, 1.165) is 19.7 Å². The summed E-state index contributed by atoms with van der Waals surface area (Å²) in [7, 11) is 0. The lowest BCUT2D eigenvalue weighted by Gasteiger charge is -2.30. The van der Waals surface area contributed by atoms with Gasteiger partial charge in [-0.25, -0.2) is 0 Å². The minimum atomic E-state index is 0.445. The minimum Gasteiger partial charge on any atom is -0.376 e. The van der Waals surface area contributed by atoms with Gasteiger partial charge in [-0.05, 0) is 19.9 Å². The summed E-state index contributed by atoms with van der Waals surface area (Å²) in [6, 6.07) is 0. The largest absolute Gasteiger partial charge is 0.376 e. The number of ether oxygens (including phenoxy) is 1. The third kappa shape index (κ3) is 3.21. The van der Waals surface area contributed by atoms with Gasteiger partial charge in [0.25, 0.3) is 0 Å². The smallest absolute Gasteiger partial charge is 0.0674 e. The molecule has 2 heteroatoms. The molecule has 1 heterocycles. The zero-order chi connectivity index (χ0) is 8.10. The van der Waals surface area contributed by atoms with Gasteiger partial charge in [0.1, 0.15) is 0 Å². The van der Waals surface area contributed by atoms with Crippen molar-refractivity contribution in [1.29, 1.82) is 0 Å². The zero-order valence-electron chi connectivity index (χ0n) is 7.68. The molecule has 0 saturated carbocycles. The van der Waals surface area contributed by atoms with Gasteiger partial charge in [0, 0.05) is 13.1 Å². The van der Waals surface area contributed by atoms with Crippen molar-refractivity contribution in [3.63, 3.8) is 0 Å². The van der Waals surface area contributed by atoms with E-state index >= 15 is 0 Å². The fraction of sp³-hybridized carbons (Fsp3) is 1.00. The van der Waals surface area contributed by atoms with Gasteiger partial charge in [0.15, 0.2) is 0 Å². The highest BCUT2D eigenvalue weighted by atomic mass is 16.5. The maximum Gasteiger partial charge on any atom is 0.0674 e. The summed E-state index contributed by atoms with van der Waals surface area (Å²) in [6.45, 7) is 8.82. The Morgan fingerprint density at radius 2 is 2.36 bits per heavy atom. The molecule has 2 nitrogen and oxygen atoms in total. The van der Waals surface area contributed by atoms with Gasteiger partial charge in [-0.2, -0.15) is 0 Å². The molecule has 1 rings (SSSR count). The average molecular weight is 157 g/mol. The van der Waals surface area contributed by atoms with Crippen LogP contribution in [0.15, 0.2) is 0 Å². The highest BCUT2D eigenvalue weighted by Crippen LogP contribution is 2.04. The van der Waals surface area contributed by atoms with Crippen LogP contribution in [0.3, 0.4) is 0 Å². The number of unbranched alkanes of at least 4 members (excludes halogenated alkanes) is 1. The normalized spacial score (nSPS) is 27.3. The Balaban J connectivity index is 2.12. The molecule has 11 heavy (non-hydrogen) atoms. The quantitative estimate of drug-likeness (QED) is 0.615. The SMILES string of the molecule is CCCCN1CCO[C@@H](C)C1. The second-order valence-electron chi connectivity index (χ2n) is 3.34. The Kier molecular flexibility index (Phi) is 3.87. The van der Waals surface area contributed by atoms with Gasteiger partial charge >= 0.3 is 0 Å². The number of morpholine rings is 1.